The summed E-state index contributed by atoms with van der Waals surface area (Å²) in [6.07, 6.45) is 9.90. The van der Waals surface area contributed by atoms with Crippen LogP contribution in [0.4, 0.5) is 0 Å². The van der Waals surface area contributed by atoms with E-state index in [2.05, 4.69) is 11.3 Å². The zero-order valence-corrected chi connectivity index (χ0v) is 8.16. The Morgan fingerprint density at radius 1 is 1.62 bits per heavy atom. The largest absolute Gasteiger partial charge is 0.325 e. The predicted octanol–water partition coefficient (Wildman–Crippen LogP) is 1.23. The summed E-state index contributed by atoms with van der Waals surface area (Å²) >= 11 is 0. The molecule has 2 rings (SSSR count). The number of hydrogen-bond donors (Lipinski definition) is 1. The van der Waals surface area contributed by atoms with E-state index in [1.807, 2.05) is 17.9 Å². The lowest BCUT2D eigenvalue weighted by Crippen LogP contribution is -2.46. The van der Waals surface area contributed by atoms with Gasteiger partial charge in [0.2, 0.25) is 0 Å². The molecule has 0 bridgehead atoms. The molecule has 0 aromatic carbocycles. The van der Waals surface area contributed by atoms with E-state index in [1.165, 1.54) is 24.8 Å². The first-order chi connectivity index (χ1) is 6.18. The second-order valence-electron chi connectivity index (χ2n) is 4.24. The van der Waals surface area contributed by atoms with Crippen molar-refractivity contribution < 1.29 is 0 Å². The van der Waals surface area contributed by atoms with Crippen LogP contribution in [0.25, 0.3) is 0 Å². The van der Waals surface area contributed by atoms with Crippen LogP contribution in [0.3, 0.4) is 0 Å². The molecule has 0 amide bonds. The number of aryl methyl sites for hydroxylation is 2. The van der Waals surface area contributed by atoms with Crippen LogP contribution in [0.1, 0.15) is 31.2 Å². The van der Waals surface area contributed by atoms with Crippen molar-refractivity contribution in [3.05, 3.63) is 18.0 Å². The smallest absolute Gasteiger partial charge is 0.0521 e. The molecule has 1 aliphatic rings. The zero-order chi connectivity index (χ0) is 9.31. The van der Waals surface area contributed by atoms with E-state index in [0.29, 0.717) is 0 Å². The summed E-state index contributed by atoms with van der Waals surface area (Å²) in [5.74, 6) is 0. The Balaban J connectivity index is 1.85. The molecule has 1 aromatic rings. The molecule has 72 valence electrons. The van der Waals surface area contributed by atoms with Crippen LogP contribution in [0.5, 0.6) is 0 Å². The van der Waals surface area contributed by atoms with E-state index < -0.39 is 0 Å². The summed E-state index contributed by atoms with van der Waals surface area (Å²) in [5, 5.41) is 4.14. The fourth-order valence-electron chi connectivity index (χ4n) is 1.88. The van der Waals surface area contributed by atoms with Crippen molar-refractivity contribution >= 4 is 0 Å². The molecular formula is C10H17N3. The van der Waals surface area contributed by atoms with Crippen molar-refractivity contribution in [2.45, 2.75) is 37.6 Å². The summed E-state index contributed by atoms with van der Waals surface area (Å²) in [7, 11) is 1.95. The molecule has 0 spiro atoms. The Morgan fingerprint density at radius 3 is 2.85 bits per heavy atom. The maximum Gasteiger partial charge on any atom is 0.0521 e. The van der Waals surface area contributed by atoms with Crippen LogP contribution in [0.15, 0.2) is 12.4 Å². The monoisotopic (exact) mass is 179 g/mol. The molecule has 1 fully saturated rings. The molecule has 3 heteroatoms. The van der Waals surface area contributed by atoms with Crippen LogP contribution in [-0.2, 0) is 13.5 Å². The summed E-state index contributed by atoms with van der Waals surface area (Å²) in [5.41, 5.74) is 7.58. The first kappa shape index (κ1) is 8.75. The van der Waals surface area contributed by atoms with Crippen molar-refractivity contribution in [2.75, 3.05) is 0 Å². The molecule has 1 aromatic heterocycles. The summed E-state index contributed by atoms with van der Waals surface area (Å²) in [6, 6.07) is 0. The fraction of sp³-hybridized carbons (Fsp3) is 0.700. The van der Waals surface area contributed by atoms with Gasteiger partial charge < -0.3 is 5.73 Å². The fourth-order valence-corrected chi connectivity index (χ4v) is 1.88. The van der Waals surface area contributed by atoms with Gasteiger partial charge in [-0.25, -0.2) is 0 Å². The third-order valence-electron chi connectivity index (χ3n) is 3.02. The van der Waals surface area contributed by atoms with E-state index in [9.17, 15) is 0 Å². The van der Waals surface area contributed by atoms with Gasteiger partial charge in [0.05, 0.1) is 6.20 Å². The second kappa shape index (κ2) is 3.14. The quantitative estimate of drug-likeness (QED) is 0.758. The number of hydrogen-bond acceptors (Lipinski definition) is 2. The third kappa shape index (κ3) is 1.91. The number of aromatic nitrogens is 2. The highest BCUT2D eigenvalue weighted by molar-refractivity contribution is 5.06. The van der Waals surface area contributed by atoms with E-state index in [1.54, 1.807) is 0 Å². The Morgan fingerprint density at radius 2 is 2.38 bits per heavy atom. The first-order valence-electron chi connectivity index (χ1n) is 4.94. The highest BCUT2D eigenvalue weighted by Crippen LogP contribution is 2.32. The molecule has 0 saturated heterocycles. The Bertz CT molecular complexity index is 286. The van der Waals surface area contributed by atoms with Crippen LogP contribution in [-0.4, -0.2) is 15.3 Å². The lowest BCUT2D eigenvalue weighted by Gasteiger charge is -2.38. The molecule has 1 heterocycles. The van der Waals surface area contributed by atoms with Gasteiger partial charge in [0.1, 0.15) is 0 Å². The maximum atomic E-state index is 6.13. The molecular weight excluding hydrogens is 162 g/mol. The minimum absolute atomic E-state index is 0.149. The first-order valence-corrected chi connectivity index (χ1v) is 4.94. The highest BCUT2D eigenvalue weighted by atomic mass is 15.2. The highest BCUT2D eigenvalue weighted by Gasteiger charge is 2.31. The third-order valence-corrected chi connectivity index (χ3v) is 3.02. The molecule has 3 nitrogen and oxygen atoms in total. The van der Waals surface area contributed by atoms with Gasteiger partial charge in [-0.3, -0.25) is 4.68 Å². The van der Waals surface area contributed by atoms with Crippen LogP contribution in [0, 0.1) is 0 Å². The average Bonchev–Trinajstić information content (AvgIpc) is 2.44. The lowest BCUT2D eigenvalue weighted by atomic mass is 9.74. The molecule has 0 unspecified atom stereocenters. The van der Waals surface area contributed by atoms with Crippen molar-refractivity contribution in [2.24, 2.45) is 12.8 Å². The van der Waals surface area contributed by atoms with Gasteiger partial charge in [-0.1, -0.05) is 0 Å². The van der Waals surface area contributed by atoms with Gasteiger partial charge in [-0.2, -0.15) is 5.10 Å². The van der Waals surface area contributed by atoms with Gasteiger partial charge in [0.25, 0.3) is 0 Å². The molecule has 1 aliphatic carbocycles. The number of nitrogens with two attached hydrogens (primary N) is 1. The Kier molecular flexibility index (Phi) is 2.12. The average molecular weight is 179 g/mol. The van der Waals surface area contributed by atoms with Gasteiger partial charge in [-0.15, -0.1) is 0 Å². The zero-order valence-electron chi connectivity index (χ0n) is 8.16. The molecule has 0 radical (unpaired) electrons. The molecule has 0 aliphatic heterocycles. The van der Waals surface area contributed by atoms with Gasteiger partial charge in [0, 0.05) is 18.8 Å². The van der Waals surface area contributed by atoms with Crippen LogP contribution in [0.2, 0.25) is 0 Å². The van der Waals surface area contributed by atoms with Crippen molar-refractivity contribution in [3.8, 4) is 0 Å². The number of nitrogens with zero attached hydrogens (tertiary/aromatic N) is 2. The van der Waals surface area contributed by atoms with Crippen molar-refractivity contribution in [3.63, 3.8) is 0 Å². The molecule has 0 atom stereocenters. The van der Waals surface area contributed by atoms with E-state index in [4.69, 9.17) is 5.73 Å². The summed E-state index contributed by atoms with van der Waals surface area (Å²) in [4.78, 5) is 0. The number of rotatable bonds is 3. The minimum Gasteiger partial charge on any atom is -0.325 e. The SMILES string of the molecule is Cn1cc(CCC2(N)CCC2)cn1. The minimum atomic E-state index is 0.149. The lowest BCUT2D eigenvalue weighted by molar-refractivity contribution is 0.232. The normalized spacial score (nSPS) is 19.8. The van der Waals surface area contributed by atoms with Crippen molar-refractivity contribution in [1.82, 2.24) is 9.78 Å². The molecule has 2 N–H and O–H groups in total. The van der Waals surface area contributed by atoms with Gasteiger partial charge in [-0.05, 0) is 37.7 Å². The van der Waals surface area contributed by atoms with E-state index >= 15 is 0 Å². The van der Waals surface area contributed by atoms with Crippen molar-refractivity contribution in [1.29, 1.82) is 0 Å². The Hall–Kier alpha value is -0.830. The second-order valence-corrected chi connectivity index (χ2v) is 4.24. The van der Waals surface area contributed by atoms with Crippen LogP contribution < -0.4 is 5.73 Å². The Labute approximate surface area is 78.9 Å². The molecule has 13 heavy (non-hydrogen) atoms. The van der Waals surface area contributed by atoms with Gasteiger partial charge >= 0.3 is 0 Å². The predicted molar refractivity (Wildman–Crippen MR) is 52.3 cm³/mol. The van der Waals surface area contributed by atoms with E-state index in [0.717, 1.165) is 12.8 Å². The summed E-state index contributed by atoms with van der Waals surface area (Å²) < 4.78 is 1.85. The summed E-state index contributed by atoms with van der Waals surface area (Å²) in [6.45, 7) is 0. The van der Waals surface area contributed by atoms with Gasteiger partial charge in [0.15, 0.2) is 0 Å². The topological polar surface area (TPSA) is 43.8 Å². The maximum absolute atomic E-state index is 6.13. The molecule has 1 saturated carbocycles. The standard InChI is InChI=1S/C10H17N3/c1-13-8-9(7-12-13)3-6-10(11)4-2-5-10/h7-8H,2-6,11H2,1H3. The van der Waals surface area contributed by atoms with E-state index in [-0.39, 0.29) is 5.54 Å². The van der Waals surface area contributed by atoms with Crippen LogP contribution >= 0.6 is 0 Å².